The van der Waals surface area contributed by atoms with Gasteiger partial charge in [-0.15, -0.1) is 0 Å². The van der Waals surface area contributed by atoms with E-state index < -0.39 is 7.32 Å². The van der Waals surface area contributed by atoms with Gasteiger partial charge in [-0.25, -0.2) is 0 Å². The van der Waals surface area contributed by atoms with Crippen molar-refractivity contribution < 1.29 is 14.7 Å². The molecule has 0 fully saturated rings. The highest BCUT2D eigenvalue weighted by atomic mass is 16.6. The predicted molar refractivity (Wildman–Crippen MR) is 35.6 cm³/mol. The Morgan fingerprint density at radius 3 is 1.89 bits per heavy atom. The van der Waals surface area contributed by atoms with Gasteiger partial charge in [0.1, 0.15) is 0 Å². The quantitative estimate of drug-likeness (QED) is 0.535. The van der Waals surface area contributed by atoms with Crippen LogP contribution in [0.25, 0.3) is 0 Å². The summed E-state index contributed by atoms with van der Waals surface area (Å²) in [6, 6.07) is 0. The Morgan fingerprint density at radius 1 is 1.33 bits per heavy atom. The highest BCUT2D eigenvalue weighted by molar-refractivity contribution is 6.32. The van der Waals surface area contributed by atoms with Gasteiger partial charge in [-0.05, 0) is 12.8 Å². The van der Waals surface area contributed by atoms with Gasteiger partial charge in [-0.3, -0.25) is 0 Å². The average Bonchev–Trinajstić information content (AvgIpc) is 1.82. The van der Waals surface area contributed by atoms with Gasteiger partial charge in [0.15, 0.2) is 0 Å². The van der Waals surface area contributed by atoms with Gasteiger partial charge in [-0.1, -0.05) is 13.8 Å². The Balaban J connectivity index is 3.31. The van der Waals surface area contributed by atoms with Crippen LogP contribution in [0.3, 0.4) is 0 Å². The molecule has 2 N–H and O–H groups in total. The van der Waals surface area contributed by atoms with Gasteiger partial charge in [0.05, 0.1) is 0 Å². The fourth-order valence-corrected chi connectivity index (χ4v) is 0.653. The standard InChI is InChI=1S/C5H13BO3/c1-3-5(4-2)9-6(7)8/h5,7-8H,3-4H2,1-2H3. The zero-order valence-corrected chi connectivity index (χ0v) is 5.87. The highest BCUT2D eigenvalue weighted by Gasteiger charge is 2.13. The Morgan fingerprint density at radius 2 is 1.78 bits per heavy atom. The molecule has 0 aromatic carbocycles. The molecule has 0 atom stereocenters. The molecule has 0 rings (SSSR count). The fourth-order valence-electron chi connectivity index (χ4n) is 0.653. The minimum Gasteiger partial charge on any atom is -0.402 e. The molecule has 0 radical (unpaired) electrons. The molecule has 0 aliphatic rings. The lowest BCUT2D eigenvalue weighted by Gasteiger charge is -2.11. The molecule has 0 heterocycles. The summed E-state index contributed by atoms with van der Waals surface area (Å²) in [5, 5.41) is 16.6. The molecular weight excluding hydrogens is 119 g/mol. The Bertz CT molecular complexity index is 63.2. The van der Waals surface area contributed by atoms with Crippen LogP contribution < -0.4 is 0 Å². The molecule has 0 saturated carbocycles. The maximum Gasteiger partial charge on any atom is 0.634 e. The van der Waals surface area contributed by atoms with Crippen molar-refractivity contribution in [2.24, 2.45) is 0 Å². The SMILES string of the molecule is CCC(CC)OB(O)O. The second kappa shape index (κ2) is 4.79. The minimum absolute atomic E-state index is 0.0231. The minimum atomic E-state index is -1.62. The van der Waals surface area contributed by atoms with Crippen molar-refractivity contribution in [2.45, 2.75) is 32.8 Å². The van der Waals surface area contributed by atoms with Crippen LogP contribution in [0.4, 0.5) is 0 Å². The summed E-state index contributed by atoms with van der Waals surface area (Å²) in [6.07, 6.45) is 1.60. The van der Waals surface area contributed by atoms with E-state index in [2.05, 4.69) is 4.65 Å². The van der Waals surface area contributed by atoms with Gasteiger partial charge < -0.3 is 14.7 Å². The number of rotatable bonds is 4. The average molecular weight is 132 g/mol. The first-order chi connectivity index (χ1) is 4.20. The third-order valence-electron chi connectivity index (χ3n) is 1.22. The first kappa shape index (κ1) is 8.94. The van der Waals surface area contributed by atoms with E-state index in [1.807, 2.05) is 13.8 Å². The van der Waals surface area contributed by atoms with E-state index in [1.54, 1.807) is 0 Å². The second-order valence-corrected chi connectivity index (χ2v) is 1.90. The summed E-state index contributed by atoms with van der Waals surface area (Å²) in [4.78, 5) is 0. The van der Waals surface area contributed by atoms with Crippen LogP contribution in [-0.2, 0) is 4.65 Å². The molecular formula is C5H13BO3. The van der Waals surface area contributed by atoms with Crippen LogP contribution in [0.5, 0.6) is 0 Å². The molecule has 0 aromatic rings. The van der Waals surface area contributed by atoms with Crippen molar-refractivity contribution in [3.8, 4) is 0 Å². The first-order valence-electron chi connectivity index (χ1n) is 3.22. The summed E-state index contributed by atoms with van der Waals surface area (Å²) in [5.41, 5.74) is 0. The lowest BCUT2D eigenvalue weighted by molar-refractivity contribution is 0.112. The summed E-state index contributed by atoms with van der Waals surface area (Å²) < 4.78 is 4.66. The zero-order valence-electron chi connectivity index (χ0n) is 5.87. The smallest absolute Gasteiger partial charge is 0.402 e. The van der Waals surface area contributed by atoms with E-state index in [-0.39, 0.29) is 6.10 Å². The molecule has 0 unspecified atom stereocenters. The maximum absolute atomic E-state index is 8.32. The van der Waals surface area contributed by atoms with E-state index in [9.17, 15) is 0 Å². The number of hydrogen-bond donors (Lipinski definition) is 2. The monoisotopic (exact) mass is 132 g/mol. The molecule has 54 valence electrons. The maximum atomic E-state index is 8.32. The molecule has 4 heteroatoms. The third kappa shape index (κ3) is 4.45. The van der Waals surface area contributed by atoms with E-state index in [0.29, 0.717) is 0 Å². The summed E-state index contributed by atoms with van der Waals surface area (Å²) in [6.45, 7) is 3.88. The summed E-state index contributed by atoms with van der Waals surface area (Å²) in [7, 11) is -1.62. The van der Waals surface area contributed by atoms with Crippen LogP contribution in [0, 0.1) is 0 Å². The molecule has 0 amide bonds. The van der Waals surface area contributed by atoms with Gasteiger partial charge in [0, 0.05) is 6.10 Å². The van der Waals surface area contributed by atoms with Crippen molar-refractivity contribution >= 4 is 7.32 Å². The van der Waals surface area contributed by atoms with E-state index in [1.165, 1.54) is 0 Å². The molecule has 3 nitrogen and oxygen atoms in total. The van der Waals surface area contributed by atoms with Crippen LogP contribution in [-0.4, -0.2) is 23.5 Å². The summed E-state index contributed by atoms with van der Waals surface area (Å²) >= 11 is 0. The van der Waals surface area contributed by atoms with Crippen molar-refractivity contribution in [3.05, 3.63) is 0 Å². The number of hydrogen-bond acceptors (Lipinski definition) is 3. The first-order valence-corrected chi connectivity index (χ1v) is 3.22. The van der Waals surface area contributed by atoms with Crippen molar-refractivity contribution in [2.75, 3.05) is 0 Å². The highest BCUT2D eigenvalue weighted by Crippen LogP contribution is 2.01. The largest absolute Gasteiger partial charge is 0.634 e. The van der Waals surface area contributed by atoms with Gasteiger partial charge in [0.2, 0.25) is 0 Å². The normalized spacial score (nSPS) is 10.3. The van der Waals surface area contributed by atoms with E-state index in [0.717, 1.165) is 12.8 Å². The molecule has 0 aromatic heterocycles. The Hall–Kier alpha value is -0.0551. The zero-order chi connectivity index (χ0) is 7.28. The van der Waals surface area contributed by atoms with Gasteiger partial charge >= 0.3 is 7.32 Å². The fraction of sp³-hybridized carbons (Fsp3) is 1.00. The molecule has 9 heavy (non-hydrogen) atoms. The van der Waals surface area contributed by atoms with Crippen molar-refractivity contribution in [3.63, 3.8) is 0 Å². The lowest BCUT2D eigenvalue weighted by atomic mass is 10.1. The van der Waals surface area contributed by atoms with Gasteiger partial charge in [-0.2, -0.15) is 0 Å². The Kier molecular flexibility index (Phi) is 4.76. The van der Waals surface area contributed by atoms with Crippen molar-refractivity contribution in [1.29, 1.82) is 0 Å². The molecule has 0 aliphatic heterocycles. The molecule has 0 spiro atoms. The predicted octanol–water partition coefficient (Wildman–Crippen LogP) is 0.161. The Labute approximate surface area is 55.8 Å². The van der Waals surface area contributed by atoms with Crippen LogP contribution in [0.15, 0.2) is 0 Å². The van der Waals surface area contributed by atoms with Crippen LogP contribution in [0.2, 0.25) is 0 Å². The molecule has 0 aliphatic carbocycles. The van der Waals surface area contributed by atoms with Gasteiger partial charge in [0.25, 0.3) is 0 Å². The summed E-state index contributed by atoms with van der Waals surface area (Å²) in [5.74, 6) is 0. The van der Waals surface area contributed by atoms with E-state index in [4.69, 9.17) is 10.0 Å². The second-order valence-electron chi connectivity index (χ2n) is 1.90. The van der Waals surface area contributed by atoms with Crippen LogP contribution >= 0.6 is 0 Å². The lowest BCUT2D eigenvalue weighted by Crippen LogP contribution is -2.24. The van der Waals surface area contributed by atoms with Crippen molar-refractivity contribution in [1.82, 2.24) is 0 Å². The third-order valence-corrected chi connectivity index (χ3v) is 1.22. The van der Waals surface area contributed by atoms with E-state index >= 15 is 0 Å². The topological polar surface area (TPSA) is 49.7 Å². The molecule has 0 saturated heterocycles. The molecule has 0 bridgehead atoms. The van der Waals surface area contributed by atoms with Crippen LogP contribution in [0.1, 0.15) is 26.7 Å².